The molecule has 0 unspecified atom stereocenters. The Morgan fingerprint density at radius 3 is 2.67 bits per heavy atom. The van der Waals surface area contributed by atoms with Gasteiger partial charge in [0.1, 0.15) is 0 Å². The largest absolute Gasteiger partial charge is 0.463 e. The summed E-state index contributed by atoms with van der Waals surface area (Å²) < 4.78 is 4.80. The van der Waals surface area contributed by atoms with E-state index < -0.39 is 0 Å². The number of ether oxygens (including phenoxy) is 1. The smallest absolute Gasteiger partial charge is 0.330 e. The number of rotatable bonds is 3. The Balaban J connectivity index is 2.60. The van der Waals surface area contributed by atoms with Crippen molar-refractivity contribution in [1.82, 2.24) is 0 Å². The Labute approximate surface area is 95.9 Å². The summed E-state index contributed by atoms with van der Waals surface area (Å²) in [6, 6.07) is 0. The summed E-state index contributed by atoms with van der Waals surface area (Å²) in [6.07, 6.45) is 5.02. The Bertz CT molecular complexity index is 314. The minimum atomic E-state index is -0.306. The van der Waals surface area contributed by atoms with Gasteiger partial charge in [0.2, 0.25) is 0 Å². The summed E-state index contributed by atoms with van der Waals surface area (Å²) in [5.41, 5.74) is 1.26. The highest BCUT2D eigenvalue weighted by molar-refractivity contribution is 6.30. The molecule has 0 heterocycles. The minimum Gasteiger partial charge on any atom is -0.463 e. The molecule has 2 nitrogen and oxygen atoms in total. The van der Waals surface area contributed by atoms with Crippen molar-refractivity contribution < 1.29 is 9.53 Å². The lowest BCUT2D eigenvalue weighted by Crippen LogP contribution is -2.04. The number of esters is 1. The number of carbonyl (C=O) groups excluding carboxylic acids is 1. The summed E-state index contributed by atoms with van der Waals surface area (Å²) in [6.45, 7) is 6.53. The predicted molar refractivity (Wildman–Crippen MR) is 61.7 cm³/mol. The molecule has 0 amide bonds. The molecule has 1 aliphatic carbocycles. The molecule has 0 aromatic carbocycles. The van der Waals surface area contributed by atoms with Crippen molar-refractivity contribution in [3.05, 3.63) is 22.8 Å². The first-order valence-electron chi connectivity index (χ1n) is 5.17. The molecule has 15 heavy (non-hydrogen) atoms. The lowest BCUT2D eigenvalue weighted by Gasteiger charge is -2.15. The van der Waals surface area contributed by atoms with Crippen molar-refractivity contribution in [2.45, 2.75) is 33.6 Å². The summed E-state index contributed by atoms with van der Waals surface area (Å²) >= 11 is 6.10. The molecule has 1 rings (SSSR count). The zero-order chi connectivity index (χ0) is 11.5. The predicted octanol–water partition coefficient (Wildman–Crippen LogP) is 3.42. The fourth-order valence-electron chi connectivity index (χ4n) is 1.72. The van der Waals surface area contributed by atoms with Crippen molar-refractivity contribution in [3.63, 3.8) is 0 Å². The minimum absolute atomic E-state index is 0.214. The van der Waals surface area contributed by atoms with Gasteiger partial charge in [0.05, 0.1) is 6.61 Å². The number of halogens is 1. The molecule has 0 saturated heterocycles. The van der Waals surface area contributed by atoms with Gasteiger partial charge in [-0.2, -0.15) is 0 Å². The van der Waals surface area contributed by atoms with Crippen LogP contribution in [-0.2, 0) is 9.53 Å². The van der Waals surface area contributed by atoms with Crippen LogP contribution in [0.25, 0.3) is 0 Å². The summed E-state index contributed by atoms with van der Waals surface area (Å²) in [5.74, 6) is -0.306. The highest BCUT2D eigenvalue weighted by Gasteiger charge is 2.28. The third-order valence-electron chi connectivity index (χ3n) is 2.36. The Morgan fingerprint density at radius 2 is 2.20 bits per heavy atom. The second-order valence-electron chi connectivity index (χ2n) is 4.53. The topological polar surface area (TPSA) is 26.3 Å². The number of hydrogen-bond acceptors (Lipinski definition) is 2. The van der Waals surface area contributed by atoms with Crippen molar-refractivity contribution in [1.29, 1.82) is 0 Å². The standard InChI is InChI=1S/C12H17ClO2/c1-4-15-11(14)6-5-9-7-12(2,3)8-10(9)13/h5-6H,4,7-8H2,1-3H3/b6-5+. The zero-order valence-corrected chi connectivity index (χ0v) is 10.2. The third kappa shape index (κ3) is 3.71. The molecule has 0 aromatic heterocycles. The van der Waals surface area contributed by atoms with E-state index >= 15 is 0 Å². The Kier molecular flexibility index (Phi) is 3.97. The first kappa shape index (κ1) is 12.3. The first-order chi connectivity index (χ1) is 6.94. The molecule has 0 aliphatic heterocycles. The quantitative estimate of drug-likeness (QED) is 0.547. The van der Waals surface area contributed by atoms with Crippen LogP contribution in [0.2, 0.25) is 0 Å². The van der Waals surface area contributed by atoms with E-state index in [1.54, 1.807) is 13.0 Å². The molecule has 0 fully saturated rings. The monoisotopic (exact) mass is 228 g/mol. The van der Waals surface area contributed by atoms with E-state index in [0.717, 1.165) is 23.4 Å². The van der Waals surface area contributed by atoms with Gasteiger partial charge in [-0.05, 0) is 30.8 Å². The summed E-state index contributed by atoms with van der Waals surface area (Å²) in [4.78, 5) is 11.1. The van der Waals surface area contributed by atoms with Crippen LogP contribution in [0, 0.1) is 5.41 Å². The number of hydrogen-bond donors (Lipinski definition) is 0. The highest BCUT2D eigenvalue weighted by atomic mass is 35.5. The van der Waals surface area contributed by atoms with E-state index in [0.29, 0.717) is 6.61 Å². The van der Waals surface area contributed by atoms with E-state index in [9.17, 15) is 4.79 Å². The van der Waals surface area contributed by atoms with Crippen LogP contribution in [0.1, 0.15) is 33.6 Å². The van der Waals surface area contributed by atoms with E-state index in [4.69, 9.17) is 16.3 Å². The second kappa shape index (κ2) is 4.84. The van der Waals surface area contributed by atoms with Crippen LogP contribution in [0.4, 0.5) is 0 Å². The normalized spacial score (nSPS) is 20.0. The Morgan fingerprint density at radius 1 is 1.53 bits per heavy atom. The van der Waals surface area contributed by atoms with Gasteiger partial charge in [0.25, 0.3) is 0 Å². The number of allylic oxidation sites excluding steroid dienone is 3. The van der Waals surface area contributed by atoms with Gasteiger partial charge in [-0.15, -0.1) is 0 Å². The molecule has 0 bridgehead atoms. The van der Waals surface area contributed by atoms with Crippen LogP contribution >= 0.6 is 11.6 Å². The average Bonchev–Trinajstić information content (AvgIpc) is 2.36. The van der Waals surface area contributed by atoms with Crippen LogP contribution in [-0.4, -0.2) is 12.6 Å². The molecule has 0 spiro atoms. The van der Waals surface area contributed by atoms with Crippen molar-refractivity contribution >= 4 is 17.6 Å². The molecular weight excluding hydrogens is 212 g/mol. The van der Waals surface area contributed by atoms with E-state index in [-0.39, 0.29) is 11.4 Å². The summed E-state index contributed by atoms with van der Waals surface area (Å²) in [7, 11) is 0. The lowest BCUT2D eigenvalue weighted by molar-refractivity contribution is -0.137. The molecule has 0 atom stereocenters. The van der Waals surface area contributed by atoms with Gasteiger partial charge in [-0.1, -0.05) is 31.5 Å². The van der Waals surface area contributed by atoms with Crippen molar-refractivity contribution in [3.8, 4) is 0 Å². The van der Waals surface area contributed by atoms with Gasteiger partial charge >= 0.3 is 5.97 Å². The third-order valence-corrected chi connectivity index (χ3v) is 2.73. The van der Waals surface area contributed by atoms with Crippen LogP contribution in [0.5, 0.6) is 0 Å². The average molecular weight is 229 g/mol. The van der Waals surface area contributed by atoms with Crippen LogP contribution in [0.15, 0.2) is 22.8 Å². The molecule has 0 saturated carbocycles. The molecule has 0 radical (unpaired) electrons. The fraction of sp³-hybridized carbons (Fsp3) is 0.583. The van der Waals surface area contributed by atoms with E-state index in [1.165, 1.54) is 6.08 Å². The van der Waals surface area contributed by atoms with Crippen molar-refractivity contribution in [2.24, 2.45) is 5.41 Å². The van der Waals surface area contributed by atoms with E-state index in [1.807, 2.05) is 0 Å². The first-order valence-corrected chi connectivity index (χ1v) is 5.55. The van der Waals surface area contributed by atoms with Gasteiger partial charge < -0.3 is 4.74 Å². The molecule has 0 aromatic rings. The van der Waals surface area contributed by atoms with Gasteiger partial charge in [-0.25, -0.2) is 4.79 Å². The zero-order valence-electron chi connectivity index (χ0n) is 9.47. The molecular formula is C12H17ClO2. The fourth-order valence-corrected chi connectivity index (χ4v) is 2.21. The van der Waals surface area contributed by atoms with Crippen molar-refractivity contribution in [2.75, 3.05) is 6.61 Å². The van der Waals surface area contributed by atoms with Crippen LogP contribution in [0.3, 0.4) is 0 Å². The maximum absolute atomic E-state index is 11.1. The molecule has 84 valence electrons. The molecule has 1 aliphatic rings. The number of carbonyl (C=O) groups is 1. The van der Waals surface area contributed by atoms with Gasteiger partial charge in [-0.3, -0.25) is 0 Å². The maximum atomic E-state index is 11.1. The molecule has 0 N–H and O–H groups in total. The highest BCUT2D eigenvalue weighted by Crippen LogP contribution is 2.43. The lowest BCUT2D eigenvalue weighted by atomic mass is 9.89. The van der Waals surface area contributed by atoms with E-state index in [2.05, 4.69) is 13.8 Å². The van der Waals surface area contributed by atoms with Crippen LogP contribution < -0.4 is 0 Å². The second-order valence-corrected chi connectivity index (χ2v) is 4.99. The SMILES string of the molecule is CCOC(=O)/C=C/C1=C(Cl)CC(C)(C)C1. The van der Waals surface area contributed by atoms with Gasteiger partial charge in [0, 0.05) is 11.1 Å². The van der Waals surface area contributed by atoms with Gasteiger partial charge in [0.15, 0.2) is 0 Å². The maximum Gasteiger partial charge on any atom is 0.330 e. The molecule has 3 heteroatoms. The Hall–Kier alpha value is -0.760. The summed E-state index contributed by atoms with van der Waals surface area (Å²) in [5, 5.41) is 0.862.